The van der Waals surface area contributed by atoms with Crippen LogP contribution in [0, 0.1) is 5.82 Å². The predicted octanol–water partition coefficient (Wildman–Crippen LogP) is 2.95. The number of rotatable bonds is 5. The number of carbonyl (C=O) groups excluding carboxylic acids is 1. The van der Waals surface area contributed by atoms with Crippen LogP contribution in [0.5, 0.6) is 0 Å². The number of hydrogen-bond donors (Lipinski definition) is 2. The molecule has 27 heavy (non-hydrogen) atoms. The molecule has 0 bridgehead atoms. The van der Waals surface area contributed by atoms with E-state index in [1.807, 2.05) is 42.6 Å². The van der Waals surface area contributed by atoms with Gasteiger partial charge < -0.3 is 4.90 Å². The minimum atomic E-state index is -0.439. The highest BCUT2D eigenvalue weighted by atomic mass is 35.5. The second kappa shape index (κ2) is 7.77. The van der Waals surface area contributed by atoms with Crippen LogP contribution >= 0.6 is 11.6 Å². The number of carbonyl (C=O) groups is 1. The Morgan fingerprint density at radius 2 is 2.11 bits per heavy atom. The Hall–Kier alpha value is -2.90. The summed E-state index contributed by atoms with van der Waals surface area (Å²) in [6.07, 6.45) is 2.88. The van der Waals surface area contributed by atoms with Gasteiger partial charge in [0.05, 0.1) is 17.8 Å². The number of nitrogens with one attached hydrogen (secondary N) is 1. The largest absolute Gasteiger partial charge is 0.378 e. The van der Waals surface area contributed by atoms with Crippen LogP contribution in [0.4, 0.5) is 10.1 Å². The van der Waals surface area contributed by atoms with E-state index in [1.54, 1.807) is 22.9 Å². The van der Waals surface area contributed by atoms with Crippen LogP contribution in [0.2, 0.25) is 5.02 Å². The van der Waals surface area contributed by atoms with Gasteiger partial charge in [-0.15, -0.1) is 0 Å². The van der Waals surface area contributed by atoms with Crippen molar-refractivity contribution in [2.45, 2.75) is 6.54 Å². The van der Waals surface area contributed by atoms with Crippen molar-refractivity contribution in [3.05, 3.63) is 64.6 Å². The highest BCUT2D eigenvalue weighted by Crippen LogP contribution is 2.26. The van der Waals surface area contributed by atoms with Crippen molar-refractivity contribution >= 4 is 40.2 Å². The van der Waals surface area contributed by atoms with E-state index in [1.165, 1.54) is 12.1 Å². The molecule has 3 rings (SSSR count). The maximum Gasteiger partial charge on any atom is 0.257 e. The Morgan fingerprint density at radius 1 is 1.33 bits per heavy atom. The third-order valence-corrected chi connectivity index (χ3v) is 4.39. The van der Waals surface area contributed by atoms with Gasteiger partial charge in [0.15, 0.2) is 0 Å². The lowest BCUT2D eigenvalue weighted by Crippen LogP contribution is -2.27. The second-order valence-electron chi connectivity index (χ2n) is 6.22. The average Bonchev–Trinajstić information content (AvgIpc) is 2.99. The molecule has 0 aliphatic rings. The minimum Gasteiger partial charge on any atom is -0.378 e. The molecule has 0 fully saturated rings. The maximum atomic E-state index is 14.2. The van der Waals surface area contributed by atoms with Crippen molar-refractivity contribution in [1.29, 1.82) is 0 Å². The van der Waals surface area contributed by atoms with E-state index < -0.39 is 11.7 Å². The lowest BCUT2D eigenvalue weighted by Gasteiger charge is -2.13. The number of nitrogens with zero attached hydrogens (tertiary/aromatic N) is 3. The number of hydrazine groups is 1. The molecule has 0 unspecified atom stereocenters. The van der Waals surface area contributed by atoms with Gasteiger partial charge in [-0.1, -0.05) is 17.7 Å². The van der Waals surface area contributed by atoms with Gasteiger partial charge in [-0.2, -0.15) is 5.10 Å². The Kier molecular flexibility index (Phi) is 5.43. The number of halogens is 2. The molecule has 1 heterocycles. The van der Waals surface area contributed by atoms with Crippen molar-refractivity contribution in [3.63, 3.8) is 0 Å². The van der Waals surface area contributed by atoms with E-state index in [0.29, 0.717) is 16.3 Å². The zero-order valence-corrected chi connectivity index (χ0v) is 15.7. The number of amides is 1. The number of aromatic nitrogens is 2. The Balaban J connectivity index is 2.10. The molecule has 3 N–H and O–H groups in total. The molecule has 8 heteroatoms. The molecular formula is C19H19ClFN5O. The van der Waals surface area contributed by atoms with Gasteiger partial charge in [0.2, 0.25) is 0 Å². The summed E-state index contributed by atoms with van der Waals surface area (Å²) in [5.41, 5.74) is 4.90. The first-order valence-corrected chi connectivity index (χ1v) is 8.57. The van der Waals surface area contributed by atoms with Gasteiger partial charge in [0.1, 0.15) is 5.82 Å². The molecule has 3 aromatic rings. The predicted molar refractivity (Wildman–Crippen MR) is 106 cm³/mol. The van der Waals surface area contributed by atoms with Crippen molar-refractivity contribution in [3.8, 4) is 0 Å². The Bertz CT molecular complexity index is 1030. The highest BCUT2D eigenvalue weighted by molar-refractivity contribution is 6.30. The summed E-state index contributed by atoms with van der Waals surface area (Å²) in [6.45, 7) is 0.229. The van der Waals surface area contributed by atoms with Crippen LogP contribution in [0.1, 0.15) is 11.3 Å². The van der Waals surface area contributed by atoms with Crippen molar-refractivity contribution in [2.24, 2.45) is 5.84 Å². The van der Waals surface area contributed by atoms with E-state index in [9.17, 15) is 9.18 Å². The quantitative estimate of drug-likeness (QED) is 0.305. The number of anilines is 1. The topological polar surface area (TPSA) is 76.2 Å². The van der Waals surface area contributed by atoms with Gasteiger partial charge in [0.25, 0.3) is 5.91 Å². The maximum absolute atomic E-state index is 14.2. The third-order valence-electron chi connectivity index (χ3n) is 4.15. The fourth-order valence-electron chi connectivity index (χ4n) is 2.72. The summed E-state index contributed by atoms with van der Waals surface area (Å²) in [4.78, 5) is 13.4. The van der Waals surface area contributed by atoms with Gasteiger partial charge in [-0.05, 0) is 36.4 Å². The van der Waals surface area contributed by atoms with Crippen LogP contribution in [-0.2, 0) is 11.3 Å². The second-order valence-corrected chi connectivity index (χ2v) is 6.65. The molecule has 1 amide bonds. The molecular weight excluding hydrogens is 369 g/mol. The molecule has 0 saturated heterocycles. The Labute approximate surface area is 161 Å². The zero-order valence-electron chi connectivity index (χ0n) is 14.9. The van der Waals surface area contributed by atoms with Gasteiger partial charge in [-0.3, -0.25) is 14.9 Å². The number of hydrogen-bond acceptors (Lipinski definition) is 4. The molecule has 6 nitrogen and oxygen atoms in total. The summed E-state index contributed by atoms with van der Waals surface area (Å²) in [5, 5.41) is 5.73. The van der Waals surface area contributed by atoms with Crippen LogP contribution in [0.3, 0.4) is 0 Å². The van der Waals surface area contributed by atoms with Gasteiger partial charge in [-0.25, -0.2) is 10.2 Å². The molecule has 2 aromatic carbocycles. The van der Waals surface area contributed by atoms with Crippen molar-refractivity contribution in [1.82, 2.24) is 15.2 Å². The monoisotopic (exact) mass is 387 g/mol. The summed E-state index contributed by atoms with van der Waals surface area (Å²) >= 11 is 5.83. The lowest BCUT2D eigenvalue weighted by molar-refractivity contribution is -0.116. The Morgan fingerprint density at radius 3 is 2.78 bits per heavy atom. The van der Waals surface area contributed by atoms with Crippen LogP contribution in [0.25, 0.3) is 17.0 Å². The van der Waals surface area contributed by atoms with Crippen molar-refractivity contribution < 1.29 is 9.18 Å². The molecule has 0 saturated carbocycles. The number of fused-ring (bicyclic) bond motifs is 1. The van der Waals surface area contributed by atoms with Crippen LogP contribution in [0.15, 0.2) is 42.5 Å². The number of benzene rings is 2. The number of nitrogens with two attached hydrogens (primary N) is 1. The lowest BCUT2D eigenvalue weighted by atomic mass is 10.1. The van der Waals surface area contributed by atoms with Crippen molar-refractivity contribution in [2.75, 3.05) is 19.0 Å². The standard InChI is InChI=1S/C19H19ClFN5O/c1-25(2)14-5-6-15-17(7-8-19(27)23-22)24-26(18(15)10-14)11-12-3-4-13(20)9-16(12)21/h3-10H,11,22H2,1-2H3,(H,23,27). The fraction of sp³-hybridized carbons (Fsp3) is 0.158. The van der Waals surface area contributed by atoms with Crippen LogP contribution in [-0.4, -0.2) is 29.8 Å². The zero-order chi connectivity index (χ0) is 19.6. The van der Waals surface area contributed by atoms with E-state index in [2.05, 4.69) is 5.10 Å². The molecule has 1 aromatic heterocycles. The van der Waals surface area contributed by atoms with E-state index in [4.69, 9.17) is 17.4 Å². The average molecular weight is 388 g/mol. The first-order valence-electron chi connectivity index (χ1n) is 8.19. The molecule has 0 atom stereocenters. The first-order chi connectivity index (χ1) is 12.9. The SMILES string of the molecule is CN(C)c1ccc2c(C=CC(=O)NN)nn(Cc3ccc(Cl)cc3F)c2c1. The fourth-order valence-corrected chi connectivity index (χ4v) is 2.88. The molecule has 0 spiro atoms. The normalized spacial score (nSPS) is 11.3. The smallest absolute Gasteiger partial charge is 0.257 e. The summed E-state index contributed by atoms with van der Waals surface area (Å²) < 4.78 is 15.9. The van der Waals surface area contributed by atoms with E-state index >= 15 is 0 Å². The van der Waals surface area contributed by atoms with Gasteiger partial charge in [0, 0.05) is 41.8 Å². The van der Waals surface area contributed by atoms with Gasteiger partial charge >= 0.3 is 0 Å². The van der Waals surface area contributed by atoms with E-state index in [0.717, 1.165) is 16.6 Å². The highest BCUT2D eigenvalue weighted by Gasteiger charge is 2.13. The van der Waals surface area contributed by atoms with Crippen LogP contribution < -0.4 is 16.2 Å². The third kappa shape index (κ3) is 4.10. The molecule has 140 valence electrons. The molecule has 0 radical (unpaired) electrons. The molecule has 0 aliphatic heterocycles. The summed E-state index contributed by atoms with van der Waals surface area (Å²) in [5.74, 6) is 4.27. The first kappa shape index (κ1) is 18.9. The summed E-state index contributed by atoms with van der Waals surface area (Å²) in [7, 11) is 3.88. The minimum absolute atomic E-state index is 0.229. The summed E-state index contributed by atoms with van der Waals surface area (Å²) in [6, 6.07) is 10.4. The van der Waals surface area contributed by atoms with E-state index in [-0.39, 0.29) is 6.54 Å². The molecule has 0 aliphatic carbocycles.